The van der Waals surface area contributed by atoms with Crippen molar-refractivity contribution in [1.82, 2.24) is 9.97 Å². The van der Waals surface area contributed by atoms with Crippen molar-refractivity contribution in [2.45, 2.75) is 26.3 Å². The van der Waals surface area contributed by atoms with E-state index in [0.717, 1.165) is 55.5 Å². The van der Waals surface area contributed by atoms with E-state index in [0.29, 0.717) is 5.92 Å². The quantitative estimate of drug-likeness (QED) is 0.666. The van der Waals surface area contributed by atoms with Gasteiger partial charge < -0.3 is 14.9 Å². The first kappa shape index (κ1) is 20.4. The second-order valence-electron chi connectivity index (χ2n) is 8.18. The largest absolute Gasteiger partial charge is 0.396 e. The number of aliphatic hydroxyl groups is 1. The molecule has 156 valence electrons. The fourth-order valence-corrected chi connectivity index (χ4v) is 4.01. The van der Waals surface area contributed by atoms with Crippen LogP contribution in [-0.2, 0) is 6.54 Å². The number of anilines is 2. The third-order valence-electron chi connectivity index (χ3n) is 5.94. The van der Waals surface area contributed by atoms with Gasteiger partial charge in [-0.1, -0.05) is 54.6 Å². The molecule has 2 aromatic carbocycles. The van der Waals surface area contributed by atoms with E-state index in [2.05, 4.69) is 66.2 Å². The highest BCUT2D eigenvalue weighted by Gasteiger charge is 2.22. The molecule has 0 saturated carbocycles. The molecule has 5 nitrogen and oxygen atoms in total. The predicted octanol–water partition coefficient (Wildman–Crippen LogP) is 4.30. The van der Waals surface area contributed by atoms with Gasteiger partial charge in [0.05, 0.1) is 0 Å². The molecule has 0 unspecified atom stereocenters. The molecule has 1 aromatic heterocycles. The van der Waals surface area contributed by atoms with Crippen molar-refractivity contribution in [3.05, 3.63) is 71.8 Å². The average Bonchev–Trinajstić information content (AvgIpc) is 2.80. The lowest BCUT2D eigenvalue weighted by molar-refractivity contribution is 0.203. The molecule has 0 aliphatic carbocycles. The van der Waals surface area contributed by atoms with Gasteiger partial charge in [-0.05, 0) is 36.8 Å². The molecular formula is C25H30N4O. The highest BCUT2D eigenvalue weighted by molar-refractivity contribution is 5.65. The van der Waals surface area contributed by atoms with E-state index in [1.807, 2.05) is 18.2 Å². The Morgan fingerprint density at radius 3 is 2.40 bits per heavy atom. The molecule has 1 N–H and O–H groups in total. The lowest BCUT2D eigenvalue weighted by Gasteiger charge is -2.32. The summed E-state index contributed by atoms with van der Waals surface area (Å²) in [6.45, 7) is 4.99. The van der Waals surface area contributed by atoms with Crippen LogP contribution in [0.3, 0.4) is 0 Å². The summed E-state index contributed by atoms with van der Waals surface area (Å²) < 4.78 is 0. The molecule has 0 spiro atoms. The highest BCUT2D eigenvalue weighted by Crippen LogP contribution is 2.29. The summed E-state index contributed by atoms with van der Waals surface area (Å²) in [5, 5.41) is 9.48. The third-order valence-corrected chi connectivity index (χ3v) is 5.94. The van der Waals surface area contributed by atoms with Gasteiger partial charge in [0.1, 0.15) is 11.6 Å². The van der Waals surface area contributed by atoms with Crippen molar-refractivity contribution in [2.24, 2.45) is 5.92 Å². The van der Waals surface area contributed by atoms with Crippen molar-refractivity contribution in [3.63, 3.8) is 0 Å². The van der Waals surface area contributed by atoms with E-state index in [4.69, 9.17) is 9.97 Å². The molecule has 30 heavy (non-hydrogen) atoms. The van der Waals surface area contributed by atoms with Crippen LogP contribution in [0.25, 0.3) is 11.4 Å². The summed E-state index contributed by atoms with van der Waals surface area (Å²) in [6, 6.07) is 20.8. The Balaban J connectivity index is 1.68. The first-order valence-corrected chi connectivity index (χ1v) is 10.7. The Bertz CT molecular complexity index is 968. The van der Waals surface area contributed by atoms with Crippen molar-refractivity contribution in [2.75, 3.05) is 36.5 Å². The van der Waals surface area contributed by atoms with E-state index in [1.54, 1.807) is 0 Å². The molecule has 0 bridgehead atoms. The molecule has 1 aliphatic heterocycles. The van der Waals surface area contributed by atoms with Gasteiger partial charge in [0.15, 0.2) is 5.82 Å². The maximum absolute atomic E-state index is 9.48. The van der Waals surface area contributed by atoms with Gasteiger partial charge in [0, 0.05) is 44.9 Å². The van der Waals surface area contributed by atoms with E-state index in [9.17, 15) is 5.11 Å². The third kappa shape index (κ3) is 4.62. The van der Waals surface area contributed by atoms with Crippen LogP contribution in [0.2, 0.25) is 0 Å². The van der Waals surface area contributed by atoms with Gasteiger partial charge in [0.2, 0.25) is 0 Å². The second-order valence-corrected chi connectivity index (χ2v) is 8.18. The highest BCUT2D eigenvalue weighted by atomic mass is 16.3. The Morgan fingerprint density at radius 2 is 1.70 bits per heavy atom. The fourth-order valence-electron chi connectivity index (χ4n) is 4.01. The Kier molecular flexibility index (Phi) is 6.29. The van der Waals surface area contributed by atoms with Crippen LogP contribution >= 0.6 is 0 Å². The minimum atomic E-state index is 0.275. The van der Waals surface area contributed by atoms with Crippen LogP contribution in [0.5, 0.6) is 0 Å². The van der Waals surface area contributed by atoms with E-state index in [-0.39, 0.29) is 6.61 Å². The molecule has 1 fully saturated rings. The van der Waals surface area contributed by atoms with Gasteiger partial charge in [-0.15, -0.1) is 0 Å². The van der Waals surface area contributed by atoms with Crippen molar-refractivity contribution in [1.29, 1.82) is 0 Å². The van der Waals surface area contributed by atoms with E-state index < -0.39 is 0 Å². The lowest BCUT2D eigenvalue weighted by Crippen LogP contribution is -2.35. The Hall–Kier alpha value is -2.92. The van der Waals surface area contributed by atoms with Crippen molar-refractivity contribution in [3.8, 4) is 11.4 Å². The zero-order chi connectivity index (χ0) is 20.9. The topological polar surface area (TPSA) is 52.5 Å². The summed E-state index contributed by atoms with van der Waals surface area (Å²) in [4.78, 5) is 14.4. The molecule has 0 atom stereocenters. The molecule has 0 amide bonds. The number of hydrogen-bond acceptors (Lipinski definition) is 5. The Morgan fingerprint density at radius 1 is 1.00 bits per heavy atom. The number of aryl methyl sites for hydroxylation is 1. The normalized spacial score (nSPS) is 14.7. The number of aliphatic hydroxyl groups excluding tert-OH is 1. The molecular weight excluding hydrogens is 372 g/mol. The lowest BCUT2D eigenvalue weighted by atomic mass is 9.98. The number of piperidine rings is 1. The van der Waals surface area contributed by atoms with Crippen molar-refractivity contribution >= 4 is 11.6 Å². The van der Waals surface area contributed by atoms with Gasteiger partial charge in [-0.25, -0.2) is 9.97 Å². The summed E-state index contributed by atoms with van der Waals surface area (Å²) in [5.41, 5.74) is 3.49. The predicted molar refractivity (Wildman–Crippen MR) is 123 cm³/mol. The molecule has 1 saturated heterocycles. The number of aromatic nitrogens is 2. The zero-order valence-electron chi connectivity index (χ0n) is 17.8. The van der Waals surface area contributed by atoms with E-state index in [1.165, 1.54) is 11.1 Å². The van der Waals surface area contributed by atoms with Gasteiger partial charge in [-0.2, -0.15) is 0 Å². The SMILES string of the molecule is Cc1ccccc1-c1nc(N(C)Cc2ccccc2)cc(N2CCC(CO)CC2)n1. The van der Waals surface area contributed by atoms with Crippen LogP contribution in [-0.4, -0.2) is 41.8 Å². The second kappa shape index (κ2) is 9.26. The number of nitrogens with zero attached hydrogens (tertiary/aromatic N) is 4. The fraction of sp³-hybridized carbons (Fsp3) is 0.360. The van der Waals surface area contributed by atoms with Crippen LogP contribution in [0.4, 0.5) is 11.6 Å². The summed E-state index contributed by atoms with van der Waals surface area (Å²) >= 11 is 0. The standard InChI is InChI=1S/C25H30N4O/c1-19-8-6-7-11-22(19)25-26-23(28(2)17-20-9-4-3-5-10-20)16-24(27-25)29-14-12-21(18-30)13-15-29/h3-11,16,21,30H,12-15,17-18H2,1-2H3. The van der Waals surface area contributed by atoms with Crippen LogP contribution in [0.1, 0.15) is 24.0 Å². The van der Waals surface area contributed by atoms with Crippen LogP contribution < -0.4 is 9.80 Å². The number of hydrogen-bond donors (Lipinski definition) is 1. The van der Waals surface area contributed by atoms with Gasteiger partial charge >= 0.3 is 0 Å². The summed E-state index contributed by atoms with van der Waals surface area (Å²) in [7, 11) is 2.08. The molecule has 0 radical (unpaired) electrons. The van der Waals surface area contributed by atoms with Crippen LogP contribution in [0, 0.1) is 12.8 Å². The molecule has 2 heterocycles. The minimum absolute atomic E-state index is 0.275. The monoisotopic (exact) mass is 402 g/mol. The smallest absolute Gasteiger partial charge is 0.164 e. The minimum Gasteiger partial charge on any atom is -0.396 e. The zero-order valence-corrected chi connectivity index (χ0v) is 17.8. The Labute approximate surface area is 179 Å². The van der Waals surface area contributed by atoms with Gasteiger partial charge in [0.25, 0.3) is 0 Å². The summed E-state index contributed by atoms with van der Waals surface area (Å²) in [5.74, 6) is 3.06. The van der Waals surface area contributed by atoms with Crippen molar-refractivity contribution < 1.29 is 5.11 Å². The van der Waals surface area contributed by atoms with Gasteiger partial charge in [-0.3, -0.25) is 0 Å². The molecule has 4 rings (SSSR count). The maximum Gasteiger partial charge on any atom is 0.164 e. The van der Waals surface area contributed by atoms with Crippen LogP contribution in [0.15, 0.2) is 60.7 Å². The number of benzene rings is 2. The molecule has 3 aromatic rings. The average molecular weight is 403 g/mol. The number of rotatable bonds is 6. The van der Waals surface area contributed by atoms with E-state index >= 15 is 0 Å². The molecule has 5 heteroatoms. The maximum atomic E-state index is 9.48. The summed E-state index contributed by atoms with van der Waals surface area (Å²) in [6.07, 6.45) is 1.99. The first-order valence-electron chi connectivity index (χ1n) is 10.7. The molecule has 1 aliphatic rings. The first-order chi connectivity index (χ1) is 14.6.